The van der Waals surface area contributed by atoms with Crippen molar-refractivity contribution in [3.05, 3.63) is 64.8 Å². The summed E-state index contributed by atoms with van der Waals surface area (Å²) in [6, 6.07) is 12.8. The Morgan fingerprint density at radius 3 is 2.64 bits per heavy atom. The number of carbonyl (C=O) groups excluding carboxylic acids is 1. The van der Waals surface area contributed by atoms with Gasteiger partial charge in [0.15, 0.2) is 5.13 Å². The van der Waals surface area contributed by atoms with E-state index < -0.39 is 0 Å². The first-order valence-electron chi connectivity index (χ1n) is 6.69. The summed E-state index contributed by atoms with van der Waals surface area (Å²) in [5.41, 5.74) is 8.22. The Kier molecular flexibility index (Phi) is 3.84. The van der Waals surface area contributed by atoms with Gasteiger partial charge in [0.1, 0.15) is 10.7 Å². The largest absolute Gasteiger partial charge is 0.382 e. The predicted molar refractivity (Wildman–Crippen MR) is 88.7 cm³/mol. The van der Waals surface area contributed by atoms with E-state index in [1.54, 1.807) is 18.3 Å². The number of thiazole rings is 1. The SMILES string of the molecule is Cc1ccc(Nc2nc(N)c(C(=O)c3ccccc3)s2)cn1. The molecule has 0 atom stereocenters. The second-order valence-electron chi connectivity index (χ2n) is 4.74. The molecule has 2 aromatic heterocycles. The van der Waals surface area contributed by atoms with Gasteiger partial charge in [0.25, 0.3) is 0 Å². The molecule has 2 heterocycles. The highest BCUT2D eigenvalue weighted by Gasteiger charge is 2.17. The summed E-state index contributed by atoms with van der Waals surface area (Å²) in [5.74, 6) is 0.118. The molecular formula is C16H14N4OS. The molecule has 3 rings (SSSR count). The number of ketones is 1. The average molecular weight is 310 g/mol. The molecule has 0 fully saturated rings. The summed E-state index contributed by atoms with van der Waals surface area (Å²) < 4.78 is 0. The fourth-order valence-electron chi connectivity index (χ4n) is 1.93. The summed E-state index contributed by atoms with van der Waals surface area (Å²) in [6.07, 6.45) is 1.71. The lowest BCUT2D eigenvalue weighted by atomic mass is 10.1. The molecule has 0 aliphatic rings. The molecule has 22 heavy (non-hydrogen) atoms. The van der Waals surface area contributed by atoms with E-state index in [1.165, 1.54) is 11.3 Å². The van der Waals surface area contributed by atoms with Crippen LogP contribution in [0.5, 0.6) is 0 Å². The molecule has 3 N–H and O–H groups in total. The van der Waals surface area contributed by atoms with E-state index in [0.29, 0.717) is 15.6 Å². The summed E-state index contributed by atoms with van der Waals surface area (Å²) in [4.78, 5) is 21.3. The number of aromatic nitrogens is 2. The predicted octanol–water partition coefficient (Wildman–Crippen LogP) is 3.40. The van der Waals surface area contributed by atoms with Crippen molar-refractivity contribution in [3.63, 3.8) is 0 Å². The van der Waals surface area contributed by atoms with E-state index in [9.17, 15) is 4.79 Å². The highest BCUT2D eigenvalue weighted by molar-refractivity contribution is 7.18. The molecule has 0 aliphatic heterocycles. The van der Waals surface area contributed by atoms with Gasteiger partial charge in [0.05, 0.1) is 11.9 Å². The van der Waals surface area contributed by atoms with Crippen molar-refractivity contribution >= 4 is 33.8 Å². The number of hydrogen-bond acceptors (Lipinski definition) is 6. The van der Waals surface area contributed by atoms with Gasteiger partial charge in [-0.2, -0.15) is 0 Å². The van der Waals surface area contributed by atoms with Crippen molar-refractivity contribution in [3.8, 4) is 0 Å². The normalized spacial score (nSPS) is 10.4. The zero-order chi connectivity index (χ0) is 15.5. The van der Waals surface area contributed by atoms with Gasteiger partial charge < -0.3 is 11.1 Å². The Bertz CT molecular complexity index is 797. The molecule has 0 saturated heterocycles. The van der Waals surface area contributed by atoms with E-state index in [0.717, 1.165) is 11.4 Å². The van der Waals surface area contributed by atoms with E-state index in [2.05, 4.69) is 15.3 Å². The first-order chi connectivity index (χ1) is 10.6. The highest BCUT2D eigenvalue weighted by atomic mass is 32.1. The molecule has 0 radical (unpaired) electrons. The molecule has 0 unspecified atom stereocenters. The minimum atomic E-state index is -0.120. The molecule has 110 valence electrons. The molecule has 0 bridgehead atoms. The maximum atomic E-state index is 12.4. The third kappa shape index (κ3) is 2.96. The number of hydrogen-bond donors (Lipinski definition) is 2. The minimum Gasteiger partial charge on any atom is -0.382 e. The lowest BCUT2D eigenvalue weighted by molar-refractivity contribution is 0.104. The third-order valence-corrected chi connectivity index (χ3v) is 4.04. The highest BCUT2D eigenvalue weighted by Crippen LogP contribution is 2.29. The number of nitrogens with zero attached hydrogens (tertiary/aromatic N) is 2. The second kappa shape index (κ2) is 5.95. The number of rotatable bonds is 4. The number of benzene rings is 1. The zero-order valence-electron chi connectivity index (χ0n) is 11.9. The number of carbonyl (C=O) groups is 1. The molecule has 5 nitrogen and oxygen atoms in total. The number of anilines is 3. The first kappa shape index (κ1) is 14.2. The van der Waals surface area contributed by atoms with Gasteiger partial charge in [0, 0.05) is 11.3 Å². The summed E-state index contributed by atoms with van der Waals surface area (Å²) in [5, 5.41) is 3.68. The van der Waals surface area contributed by atoms with Crippen molar-refractivity contribution < 1.29 is 4.79 Å². The Balaban J connectivity index is 1.85. The fourth-order valence-corrected chi connectivity index (χ4v) is 2.80. The van der Waals surface area contributed by atoms with Crippen LogP contribution in [0.4, 0.5) is 16.6 Å². The standard InChI is InChI=1S/C16H14N4OS/c1-10-7-8-12(9-18-10)19-16-20-15(17)14(22-16)13(21)11-5-3-2-4-6-11/h2-9H,17H2,1H3,(H,19,20). The van der Waals surface area contributed by atoms with Gasteiger partial charge in [0.2, 0.25) is 5.78 Å². The van der Waals surface area contributed by atoms with E-state index in [-0.39, 0.29) is 11.6 Å². The van der Waals surface area contributed by atoms with Crippen LogP contribution in [-0.2, 0) is 0 Å². The van der Waals surface area contributed by atoms with Gasteiger partial charge in [-0.3, -0.25) is 9.78 Å². The molecule has 1 aromatic carbocycles. The Labute approximate surface area is 131 Å². The van der Waals surface area contributed by atoms with Crippen LogP contribution in [0.1, 0.15) is 20.9 Å². The van der Waals surface area contributed by atoms with E-state index in [1.807, 2.05) is 37.3 Å². The first-order valence-corrected chi connectivity index (χ1v) is 7.51. The lowest BCUT2D eigenvalue weighted by Crippen LogP contribution is -2.02. The second-order valence-corrected chi connectivity index (χ2v) is 5.74. The average Bonchev–Trinajstić information content (AvgIpc) is 2.90. The lowest BCUT2D eigenvalue weighted by Gasteiger charge is -2.01. The monoisotopic (exact) mass is 310 g/mol. The summed E-state index contributed by atoms with van der Waals surface area (Å²) >= 11 is 1.24. The third-order valence-electron chi connectivity index (χ3n) is 3.06. The molecule has 0 amide bonds. The van der Waals surface area contributed by atoms with Crippen LogP contribution in [0.3, 0.4) is 0 Å². The maximum Gasteiger partial charge on any atom is 0.206 e. The molecule has 0 aliphatic carbocycles. The van der Waals surface area contributed by atoms with Gasteiger partial charge in [-0.05, 0) is 19.1 Å². The number of aryl methyl sites for hydroxylation is 1. The topological polar surface area (TPSA) is 80.9 Å². The van der Waals surface area contributed by atoms with Crippen molar-refractivity contribution in [1.29, 1.82) is 0 Å². The van der Waals surface area contributed by atoms with Crippen LogP contribution in [0.2, 0.25) is 0 Å². The van der Waals surface area contributed by atoms with Crippen molar-refractivity contribution in [2.24, 2.45) is 0 Å². The number of nitrogens with two attached hydrogens (primary N) is 1. The molecule has 0 saturated carbocycles. The van der Waals surface area contributed by atoms with E-state index >= 15 is 0 Å². The van der Waals surface area contributed by atoms with Crippen LogP contribution >= 0.6 is 11.3 Å². The smallest absolute Gasteiger partial charge is 0.206 e. The van der Waals surface area contributed by atoms with Crippen LogP contribution in [0, 0.1) is 6.92 Å². The van der Waals surface area contributed by atoms with E-state index in [4.69, 9.17) is 5.73 Å². The van der Waals surface area contributed by atoms with Crippen molar-refractivity contribution in [1.82, 2.24) is 9.97 Å². The van der Waals surface area contributed by atoms with Gasteiger partial charge in [-0.1, -0.05) is 41.7 Å². The summed E-state index contributed by atoms with van der Waals surface area (Å²) in [6.45, 7) is 1.92. The molecular weight excluding hydrogens is 296 g/mol. The molecule has 6 heteroatoms. The molecule has 3 aromatic rings. The van der Waals surface area contributed by atoms with Crippen LogP contribution in [0.15, 0.2) is 48.7 Å². The number of pyridine rings is 1. The van der Waals surface area contributed by atoms with Crippen molar-refractivity contribution in [2.45, 2.75) is 6.92 Å². The Hall–Kier alpha value is -2.73. The fraction of sp³-hybridized carbons (Fsp3) is 0.0625. The number of nitrogen functional groups attached to an aromatic ring is 1. The van der Waals surface area contributed by atoms with Gasteiger partial charge in [-0.25, -0.2) is 4.98 Å². The maximum absolute atomic E-state index is 12.4. The zero-order valence-corrected chi connectivity index (χ0v) is 12.7. The van der Waals surface area contributed by atoms with Crippen molar-refractivity contribution in [2.75, 3.05) is 11.1 Å². The van der Waals surface area contributed by atoms with Gasteiger partial charge >= 0.3 is 0 Å². The minimum absolute atomic E-state index is 0.120. The van der Waals surface area contributed by atoms with Crippen LogP contribution in [0.25, 0.3) is 0 Å². The Morgan fingerprint density at radius 2 is 1.95 bits per heavy atom. The number of nitrogens with one attached hydrogen (secondary N) is 1. The van der Waals surface area contributed by atoms with Crippen LogP contribution in [-0.4, -0.2) is 15.8 Å². The molecule has 0 spiro atoms. The summed E-state index contributed by atoms with van der Waals surface area (Å²) in [7, 11) is 0. The van der Waals surface area contributed by atoms with Gasteiger partial charge in [-0.15, -0.1) is 0 Å². The van der Waals surface area contributed by atoms with Crippen LogP contribution < -0.4 is 11.1 Å². The Morgan fingerprint density at radius 1 is 1.18 bits per heavy atom. The quantitative estimate of drug-likeness (QED) is 0.722.